The second-order valence-corrected chi connectivity index (χ2v) is 7.90. The van der Waals surface area contributed by atoms with E-state index < -0.39 is 4.92 Å². The van der Waals surface area contributed by atoms with E-state index in [4.69, 9.17) is 0 Å². The van der Waals surface area contributed by atoms with E-state index in [9.17, 15) is 14.9 Å². The van der Waals surface area contributed by atoms with Crippen molar-refractivity contribution in [1.82, 2.24) is 10.2 Å². The molecule has 0 saturated carbocycles. The van der Waals surface area contributed by atoms with Gasteiger partial charge in [0.25, 0.3) is 11.6 Å². The van der Waals surface area contributed by atoms with E-state index >= 15 is 0 Å². The number of nitro benzene ring substituents is 1. The normalized spacial score (nSPS) is 10.7. The third-order valence-corrected chi connectivity index (χ3v) is 5.67. The molecule has 1 aromatic heterocycles. The summed E-state index contributed by atoms with van der Waals surface area (Å²) in [4.78, 5) is 22.7. The molecule has 3 aromatic carbocycles. The molecule has 154 valence electrons. The molecular formula is C23H18N4O3S. The van der Waals surface area contributed by atoms with Crippen LogP contribution in [0.15, 0.2) is 84.9 Å². The second-order valence-electron chi connectivity index (χ2n) is 6.84. The van der Waals surface area contributed by atoms with Crippen molar-refractivity contribution in [3.63, 3.8) is 0 Å². The number of hydrogen-bond acceptors (Lipinski definition) is 6. The summed E-state index contributed by atoms with van der Waals surface area (Å²) in [6.45, 7) is 0. The van der Waals surface area contributed by atoms with Gasteiger partial charge in [0.15, 0.2) is 0 Å². The molecule has 4 aromatic rings. The zero-order valence-electron chi connectivity index (χ0n) is 16.3. The van der Waals surface area contributed by atoms with Crippen molar-refractivity contribution >= 4 is 28.1 Å². The molecule has 31 heavy (non-hydrogen) atoms. The highest BCUT2D eigenvalue weighted by Gasteiger charge is 2.18. The first-order chi connectivity index (χ1) is 15.1. The molecule has 1 N–H and O–H groups in total. The summed E-state index contributed by atoms with van der Waals surface area (Å²) >= 11 is 1.32. The molecule has 7 nitrogen and oxygen atoms in total. The third kappa shape index (κ3) is 4.99. The van der Waals surface area contributed by atoms with Gasteiger partial charge in [-0.1, -0.05) is 72.0 Å². The molecule has 0 spiro atoms. The molecule has 0 aliphatic carbocycles. The Labute approximate surface area is 182 Å². The lowest BCUT2D eigenvalue weighted by Crippen LogP contribution is -2.11. The molecule has 1 amide bonds. The molecule has 1 heterocycles. The van der Waals surface area contributed by atoms with Crippen LogP contribution in [0.25, 0.3) is 0 Å². The average Bonchev–Trinajstić information content (AvgIpc) is 3.25. The van der Waals surface area contributed by atoms with Crippen molar-refractivity contribution in [2.24, 2.45) is 0 Å². The van der Waals surface area contributed by atoms with E-state index in [2.05, 4.69) is 39.8 Å². The summed E-state index contributed by atoms with van der Waals surface area (Å²) in [7, 11) is 0. The number of nitro groups is 1. The Morgan fingerprint density at radius 2 is 1.48 bits per heavy atom. The summed E-state index contributed by atoms with van der Waals surface area (Å²) in [5.74, 6) is -0.270. The molecule has 4 rings (SSSR count). The fourth-order valence-electron chi connectivity index (χ4n) is 3.26. The number of hydrogen-bond donors (Lipinski definition) is 1. The largest absolute Gasteiger partial charge is 0.296 e. The van der Waals surface area contributed by atoms with Gasteiger partial charge in [-0.3, -0.25) is 20.2 Å². The Morgan fingerprint density at radius 3 is 2.03 bits per heavy atom. The van der Waals surface area contributed by atoms with Crippen molar-refractivity contribution in [1.29, 1.82) is 0 Å². The number of carbonyl (C=O) groups is 1. The maximum Gasteiger partial charge on any atom is 0.269 e. The van der Waals surface area contributed by atoms with Crippen molar-refractivity contribution in [2.45, 2.75) is 12.3 Å². The lowest BCUT2D eigenvalue weighted by atomic mass is 9.89. The van der Waals surface area contributed by atoms with Crippen LogP contribution >= 0.6 is 11.3 Å². The highest BCUT2D eigenvalue weighted by Crippen LogP contribution is 2.30. The predicted octanol–water partition coefficient (Wildman–Crippen LogP) is 5.07. The molecule has 0 bridgehead atoms. The van der Waals surface area contributed by atoms with E-state index in [1.807, 2.05) is 36.4 Å². The lowest BCUT2D eigenvalue weighted by Gasteiger charge is -2.16. The van der Waals surface area contributed by atoms with Crippen LogP contribution < -0.4 is 5.32 Å². The lowest BCUT2D eigenvalue weighted by molar-refractivity contribution is -0.384. The SMILES string of the molecule is O=C(Nc1nnc(CC(c2ccccc2)c2ccccc2)s1)c1ccc([N+](=O)[O-])cc1. The van der Waals surface area contributed by atoms with E-state index in [0.29, 0.717) is 17.1 Å². The van der Waals surface area contributed by atoms with Crippen molar-refractivity contribution < 1.29 is 9.72 Å². The third-order valence-electron chi connectivity index (χ3n) is 4.81. The minimum atomic E-state index is -0.505. The second kappa shape index (κ2) is 9.27. The number of benzene rings is 3. The number of amides is 1. The highest BCUT2D eigenvalue weighted by atomic mass is 32.1. The van der Waals surface area contributed by atoms with Gasteiger partial charge in [0.2, 0.25) is 5.13 Å². The fourth-order valence-corrected chi connectivity index (χ4v) is 4.04. The van der Waals surface area contributed by atoms with Crippen LogP contribution in [0.5, 0.6) is 0 Å². The number of aromatic nitrogens is 2. The van der Waals surface area contributed by atoms with Crippen molar-refractivity contribution in [2.75, 3.05) is 5.32 Å². The molecule has 0 aliphatic heterocycles. The summed E-state index contributed by atoms with van der Waals surface area (Å²) in [5.41, 5.74) is 2.61. The molecule has 8 heteroatoms. The van der Waals surface area contributed by atoms with E-state index in [1.54, 1.807) is 0 Å². The first-order valence-electron chi connectivity index (χ1n) is 9.58. The monoisotopic (exact) mass is 430 g/mol. The van der Waals surface area contributed by atoms with E-state index in [1.165, 1.54) is 46.7 Å². The maximum atomic E-state index is 12.4. The van der Waals surface area contributed by atoms with Gasteiger partial charge in [0.05, 0.1) is 4.92 Å². The number of rotatable bonds is 7. The smallest absolute Gasteiger partial charge is 0.269 e. The average molecular weight is 430 g/mol. The van der Waals surface area contributed by atoms with Gasteiger partial charge in [-0.25, -0.2) is 0 Å². The molecular weight excluding hydrogens is 412 g/mol. The van der Waals surface area contributed by atoms with Gasteiger partial charge in [0, 0.05) is 30.0 Å². The summed E-state index contributed by atoms with van der Waals surface area (Å²) in [6.07, 6.45) is 0.652. The van der Waals surface area contributed by atoms with Crippen molar-refractivity contribution in [3.05, 3.63) is 117 Å². The van der Waals surface area contributed by atoms with Crippen LogP contribution in [0.2, 0.25) is 0 Å². The Hall–Kier alpha value is -3.91. The standard InChI is InChI=1S/C23H18N4O3S/c28-22(18-11-13-19(14-12-18)27(29)30)24-23-26-25-21(31-23)15-20(16-7-3-1-4-8-16)17-9-5-2-6-10-17/h1-14,20H,15H2,(H,24,26,28). The Bertz CT molecular complexity index is 1140. The van der Waals surface area contributed by atoms with Gasteiger partial charge in [-0.15, -0.1) is 10.2 Å². The molecule has 0 aliphatic rings. The summed E-state index contributed by atoms with van der Waals surface area (Å²) in [5, 5.41) is 23.0. The molecule has 0 radical (unpaired) electrons. The first-order valence-corrected chi connectivity index (χ1v) is 10.4. The zero-order valence-corrected chi connectivity index (χ0v) is 17.2. The number of nitrogens with zero attached hydrogens (tertiary/aromatic N) is 3. The first kappa shape index (κ1) is 20.4. The predicted molar refractivity (Wildman–Crippen MR) is 119 cm³/mol. The van der Waals surface area contributed by atoms with Gasteiger partial charge in [-0.05, 0) is 23.3 Å². The van der Waals surface area contributed by atoms with Gasteiger partial charge < -0.3 is 0 Å². The number of non-ortho nitro benzene ring substituents is 1. The van der Waals surface area contributed by atoms with Gasteiger partial charge in [0.1, 0.15) is 5.01 Å². The summed E-state index contributed by atoms with van der Waals surface area (Å²) in [6, 6.07) is 25.8. The minimum Gasteiger partial charge on any atom is -0.296 e. The molecule has 0 atom stereocenters. The van der Waals surface area contributed by atoms with Crippen LogP contribution in [-0.2, 0) is 6.42 Å². The molecule has 0 unspecified atom stereocenters. The Morgan fingerprint density at radius 1 is 0.903 bits per heavy atom. The van der Waals surface area contributed by atoms with E-state index in [-0.39, 0.29) is 17.5 Å². The van der Waals surface area contributed by atoms with Gasteiger partial charge >= 0.3 is 0 Å². The Kier molecular flexibility index (Phi) is 6.09. The highest BCUT2D eigenvalue weighted by molar-refractivity contribution is 7.15. The number of carbonyl (C=O) groups excluding carboxylic acids is 1. The fraction of sp³-hybridized carbons (Fsp3) is 0.0870. The maximum absolute atomic E-state index is 12.4. The number of anilines is 1. The Balaban J connectivity index is 1.49. The minimum absolute atomic E-state index is 0.0670. The summed E-state index contributed by atoms with van der Waals surface area (Å²) < 4.78 is 0. The topological polar surface area (TPSA) is 98.0 Å². The number of nitrogens with one attached hydrogen (secondary N) is 1. The van der Waals surface area contributed by atoms with E-state index in [0.717, 1.165) is 5.01 Å². The van der Waals surface area contributed by atoms with Crippen LogP contribution in [0, 0.1) is 10.1 Å². The van der Waals surface area contributed by atoms with Gasteiger partial charge in [-0.2, -0.15) is 0 Å². The zero-order chi connectivity index (χ0) is 21.6. The quantitative estimate of drug-likeness (QED) is 0.326. The molecule has 0 fully saturated rings. The molecule has 0 saturated heterocycles. The van der Waals surface area contributed by atoms with Crippen molar-refractivity contribution in [3.8, 4) is 0 Å². The van der Waals surface area contributed by atoms with Crippen LogP contribution in [-0.4, -0.2) is 21.0 Å². The van der Waals surface area contributed by atoms with Crippen LogP contribution in [0.1, 0.15) is 32.4 Å². The van der Waals surface area contributed by atoms with Crippen LogP contribution in [0.3, 0.4) is 0 Å². The van der Waals surface area contributed by atoms with Crippen LogP contribution in [0.4, 0.5) is 10.8 Å².